The predicted molar refractivity (Wildman–Crippen MR) is 67.7 cm³/mol. The van der Waals surface area contributed by atoms with Gasteiger partial charge in [0.05, 0.1) is 26.9 Å². The lowest BCUT2D eigenvalue weighted by Crippen LogP contribution is -2.31. The van der Waals surface area contributed by atoms with Crippen LogP contribution >= 0.6 is 0 Å². The van der Waals surface area contributed by atoms with Crippen LogP contribution < -0.4 is 9.47 Å². The summed E-state index contributed by atoms with van der Waals surface area (Å²) in [6, 6.07) is 3.44. The second kappa shape index (κ2) is 5.30. The van der Waals surface area contributed by atoms with Crippen LogP contribution in [-0.4, -0.2) is 33.1 Å². The molecule has 5 nitrogen and oxygen atoms in total. The summed E-state index contributed by atoms with van der Waals surface area (Å²) in [6.45, 7) is 0. The summed E-state index contributed by atoms with van der Waals surface area (Å²) >= 11 is 0. The van der Waals surface area contributed by atoms with Gasteiger partial charge in [0.2, 0.25) is 0 Å². The zero-order valence-electron chi connectivity index (χ0n) is 11.2. The minimum atomic E-state index is -0.751. The van der Waals surface area contributed by atoms with Crippen molar-refractivity contribution in [2.24, 2.45) is 5.92 Å². The molecule has 1 aromatic rings. The topological polar surface area (TPSA) is 61.8 Å². The van der Waals surface area contributed by atoms with Gasteiger partial charge in [-0.25, -0.2) is 0 Å². The van der Waals surface area contributed by atoms with Crippen molar-refractivity contribution in [2.45, 2.75) is 12.8 Å². The Bertz CT molecular complexity index is 521. The second-order valence-electron chi connectivity index (χ2n) is 4.30. The van der Waals surface area contributed by atoms with Crippen LogP contribution in [0.1, 0.15) is 22.3 Å². The Morgan fingerprint density at radius 2 is 1.79 bits per heavy atom. The van der Waals surface area contributed by atoms with Gasteiger partial charge < -0.3 is 14.2 Å². The van der Waals surface area contributed by atoms with Gasteiger partial charge in [-0.2, -0.15) is 0 Å². The lowest BCUT2D eigenvalue weighted by molar-refractivity contribution is -0.143. The van der Waals surface area contributed by atoms with Crippen molar-refractivity contribution in [1.82, 2.24) is 0 Å². The van der Waals surface area contributed by atoms with Crippen molar-refractivity contribution in [1.29, 1.82) is 0 Å². The van der Waals surface area contributed by atoms with Gasteiger partial charge in [-0.3, -0.25) is 9.59 Å². The van der Waals surface area contributed by atoms with Crippen molar-refractivity contribution < 1.29 is 23.8 Å². The average Bonchev–Trinajstić information content (AvgIpc) is 2.45. The molecule has 0 saturated heterocycles. The second-order valence-corrected chi connectivity index (χ2v) is 4.30. The lowest BCUT2D eigenvalue weighted by Gasteiger charge is -2.24. The minimum absolute atomic E-state index is 0.260. The number of ketones is 1. The molecule has 0 unspecified atom stereocenters. The van der Waals surface area contributed by atoms with Gasteiger partial charge in [-0.1, -0.05) is 0 Å². The van der Waals surface area contributed by atoms with Crippen molar-refractivity contribution in [3.05, 3.63) is 23.3 Å². The molecule has 0 spiro atoms. The maximum Gasteiger partial charge on any atom is 0.316 e. The van der Waals surface area contributed by atoms with Crippen LogP contribution in [-0.2, 0) is 16.0 Å². The highest BCUT2D eigenvalue weighted by Crippen LogP contribution is 2.38. The molecule has 1 aromatic carbocycles. The molecular weight excluding hydrogens is 248 g/mol. The van der Waals surface area contributed by atoms with Crippen LogP contribution in [0, 0.1) is 5.92 Å². The zero-order chi connectivity index (χ0) is 14.0. The predicted octanol–water partition coefficient (Wildman–Crippen LogP) is 1.62. The number of hydrogen-bond acceptors (Lipinski definition) is 5. The molecule has 0 saturated carbocycles. The summed E-state index contributed by atoms with van der Waals surface area (Å²) in [5.41, 5.74) is 1.23. The van der Waals surface area contributed by atoms with Crippen molar-refractivity contribution in [2.75, 3.05) is 21.3 Å². The van der Waals surface area contributed by atoms with Gasteiger partial charge in [-0.05, 0) is 25.0 Å². The number of ether oxygens (including phenoxy) is 3. The summed E-state index contributed by atoms with van der Waals surface area (Å²) in [7, 11) is 4.34. The van der Waals surface area contributed by atoms with Gasteiger partial charge in [0.25, 0.3) is 0 Å². The number of Topliss-reactive ketones (excluding diaryl/α,β-unsaturated/α-hetero) is 1. The third-order valence-electron chi connectivity index (χ3n) is 3.40. The molecule has 0 amide bonds. The highest BCUT2D eigenvalue weighted by molar-refractivity contribution is 6.12. The maximum atomic E-state index is 12.4. The van der Waals surface area contributed by atoms with E-state index in [9.17, 15) is 9.59 Å². The summed E-state index contributed by atoms with van der Waals surface area (Å²) in [5, 5.41) is 0. The molecule has 102 valence electrons. The number of carbonyl (C=O) groups is 2. The van der Waals surface area contributed by atoms with Gasteiger partial charge in [-0.15, -0.1) is 0 Å². The molecular formula is C14H16O5. The third-order valence-corrected chi connectivity index (χ3v) is 3.40. The van der Waals surface area contributed by atoms with Gasteiger partial charge in [0.15, 0.2) is 5.78 Å². The van der Waals surface area contributed by atoms with E-state index in [0.29, 0.717) is 29.9 Å². The molecule has 0 aromatic heterocycles. The summed E-state index contributed by atoms with van der Waals surface area (Å²) in [5.74, 6) is -0.398. The molecule has 0 aliphatic heterocycles. The molecule has 1 aliphatic carbocycles. The monoisotopic (exact) mass is 264 g/mol. The number of methoxy groups -OCH3 is 3. The van der Waals surface area contributed by atoms with E-state index in [1.807, 2.05) is 0 Å². The SMILES string of the molecule is COC(=O)[C@H]1CCc2c(OC)ccc(OC)c2C1=O. The van der Waals surface area contributed by atoms with Gasteiger partial charge in [0, 0.05) is 5.56 Å². The molecule has 0 bridgehead atoms. The Labute approximate surface area is 111 Å². The smallest absolute Gasteiger partial charge is 0.316 e. The first-order valence-corrected chi connectivity index (χ1v) is 6.00. The van der Waals surface area contributed by atoms with Crippen LogP contribution in [0.15, 0.2) is 12.1 Å². The van der Waals surface area contributed by atoms with E-state index in [2.05, 4.69) is 4.74 Å². The van der Waals surface area contributed by atoms with Crippen LogP contribution in [0.3, 0.4) is 0 Å². The Hall–Kier alpha value is -2.04. The third kappa shape index (κ3) is 2.16. The normalized spacial score (nSPS) is 17.6. The molecule has 5 heteroatoms. The first kappa shape index (κ1) is 13.4. The van der Waals surface area contributed by atoms with Crippen LogP contribution in [0.5, 0.6) is 11.5 Å². The number of carbonyl (C=O) groups excluding carboxylic acids is 2. The fourth-order valence-corrected chi connectivity index (χ4v) is 2.45. The quantitative estimate of drug-likeness (QED) is 0.613. The van der Waals surface area contributed by atoms with E-state index < -0.39 is 11.9 Å². The first-order valence-electron chi connectivity index (χ1n) is 6.00. The number of fused-ring (bicyclic) bond motifs is 1. The van der Waals surface area contributed by atoms with Crippen LogP contribution in [0.25, 0.3) is 0 Å². The molecule has 0 N–H and O–H groups in total. The van der Waals surface area contributed by atoms with Gasteiger partial charge in [0.1, 0.15) is 17.4 Å². The van der Waals surface area contributed by atoms with E-state index >= 15 is 0 Å². The van der Waals surface area contributed by atoms with Gasteiger partial charge >= 0.3 is 5.97 Å². The largest absolute Gasteiger partial charge is 0.496 e. The molecule has 0 radical (unpaired) electrons. The lowest BCUT2D eigenvalue weighted by atomic mass is 9.81. The number of hydrogen-bond donors (Lipinski definition) is 0. The summed E-state index contributed by atoms with van der Waals surface area (Å²) in [6.07, 6.45) is 1.02. The molecule has 0 fully saturated rings. The van der Waals surface area contributed by atoms with E-state index in [4.69, 9.17) is 9.47 Å². The Morgan fingerprint density at radius 3 is 2.37 bits per heavy atom. The van der Waals surface area contributed by atoms with E-state index in [-0.39, 0.29) is 5.78 Å². The zero-order valence-corrected chi connectivity index (χ0v) is 11.2. The fourth-order valence-electron chi connectivity index (χ4n) is 2.45. The number of rotatable bonds is 3. The number of esters is 1. The Balaban J connectivity index is 2.52. The minimum Gasteiger partial charge on any atom is -0.496 e. The van der Waals surface area contributed by atoms with Crippen LogP contribution in [0.4, 0.5) is 0 Å². The molecule has 1 atom stereocenters. The molecule has 2 rings (SSSR count). The summed E-state index contributed by atoms with van der Waals surface area (Å²) in [4.78, 5) is 24.1. The Kier molecular flexibility index (Phi) is 3.74. The molecule has 1 aliphatic rings. The maximum absolute atomic E-state index is 12.4. The van der Waals surface area contributed by atoms with E-state index in [0.717, 1.165) is 5.56 Å². The van der Waals surface area contributed by atoms with Crippen molar-refractivity contribution in [3.8, 4) is 11.5 Å². The first-order chi connectivity index (χ1) is 9.13. The van der Waals surface area contributed by atoms with E-state index in [1.54, 1.807) is 19.2 Å². The average molecular weight is 264 g/mol. The standard InChI is InChI=1S/C14H16O5/c1-17-10-6-7-11(18-2)12-8(10)4-5-9(13(12)15)14(16)19-3/h6-7,9H,4-5H2,1-3H3/t9-/m0/s1. The van der Waals surface area contributed by atoms with Crippen molar-refractivity contribution in [3.63, 3.8) is 0 Å². The molecule has 19 heavy (non-hydrogen) atoms. The highest BCUT2D eigenvalue weighted by atomic mass is 16.5. The van der Waals surface area contributed by atoms with Crippen molar-refractivity contribution >= 4 is 11.8 Å². The van der Waals surface area contributed by atoms with Crippen LogP contribution in [0.2, 0.25) is 0 Å². The van der Waals surface area contributed by atoms with E-state index in [1.165, 1.54) is 14.2 Å². The Morgan fingerprint density at radius 1 is 1.16 bits per heavy atom. The summed E-state index contributed by atoms with van der Waals surface area (Å²) < 4.78 is 15.1. The number of benzene rings is 1. The molecule has 0 heterocycles. The fraction of sp³-hybridized carbons (Fsp3) is 0.429. The highest BCUT2D eigenvalue weighted by Gasteiger charge is 2.37.